The van der Waals surface area contributed by atoms with Gasteiger partial charge in [-0.25, -0.2) is 0 Å². The molecule has 0 spiro atoms. The summed E-state index contributed by atoms with van der Waals surface area (Å²) >= 11 is 3.40. The molecule has 1 heterocycles. The smallest absolute Gasteiger partial charge is 0.268 e. The molecule has 0 aliphatic heterocycles. The Morgan fingerprint density at radius 2 is 2.17 bits per heavy atom. The highest BCUT2D eigenvalue weighted by molar-refractivity contribution is 9.10. The fourth-order valence-corrected chi connectivity index (χ4v) is 2.13. The highest BCUT2D eigenvalue weighted by Crippen LogP contribution is 2.19. The van der Waals surface area contributed by atoms with Crippen LogP contribution in [0, 0.1) is 0 Å². The minimum absolute atomic E-state index is 0.00624. The Kier molecular flexibility index (Phi) is 5.88. The van der Waals surface area contributed by atoms with Gasteiger partial charge in [-0.05, 0) is 49.7 Å². The Bertz CT molecular complexity index is 402. The molecule has 4 nitrogen and oxygen atoms in total. The molecule has 102 valence electrons. The van der Waals surface area contributed by atoms with Crippen molar-refractivity contribution in [2.24, 2.45) is 0 Å². The Labute approximate surface area is 117 Å². The average Bonchev–Trinajstić information content (AvgIpc) is 2.69. The number of carbonyl (C=O) groups is 1. The molecule has 18 heavy (non-hydrogen) atoms. The lowest BCUT2D eigenvalue weighted by molar-refractivity contribution is 0.0862. The summed E-state index contributed by atoms with van der Waals surface area (Å²) in [5.74, 6) is -0.0680. The second kappa shape index (κ2) is 6.95. The third kappa shape index (κ3) is 4.14. The molecule has 0 aliphatic rings. The third-order valence-corrected chi connectivity index (χ3v) is 2.99. The second-order valence-corrected chi connectivity index (χ2v) is 5.49. The van der Waals surface area contributed by atoms with Crippen LogP contribution < -0.4 is 5.32 Å². The Hall–Kier alpha value is -0.810. The van der Waals surface area contributed by atoms with Crippen molar-refractivity contribution in [3.63, 3.8) is 0 Å². The molecule has 1 rings (SSSR count). The van der Waals surface area contributed by atoms with Crippen LogP contribution in [0.15, 0.2) is 16.7 Å². The molecule has 5 heteroatoms. The normalized spacial score (nSPS) is 12.8. The molecule has 1 amide bonds. The summed E-state index contributed by atoms with van der Waals surface area (Å²) < 4.78 is 8.15. The van der Waals surface area contributed by atoms with Crippen LogP contribution in [0.2, 0.25) is 0 Å². The Balaban J connectivity index is 2.72. The van der Waals surface area contributed by atoms with Crippen molar-refractivity contribution in [3.05, 3.63) is 22.4 Å². The third-order valence-electron chi connectivity index (χ3n) is 2.55. The molecule has 1 unspecified atom stereocenters. The van der Waals surface area contributed by atoms with Gasteiger partial charge in [-0.3, -0.25) is 4.79 Å². The zero-order valence-electron chi connectivity index (χ0n) is 11.4. The zero-order chi connectivity index (χ0) is 13.7. The van der Waals surface area contributed by atoms with Crippen LogP contribution in [0.25, 0.3) is 0 Å². The summed E-state index contributed by atoms with van der Waals surface area (Å²) in [6, 6.07) is 2.09. The van der Waals surface area contributed by atoms with Crippen LogP contribution >= 0.6 is 15.9 Å². The van der Waals surface area contributed by atoms with Gasteiger partial charge in [0.2, 0.25) is 0 Å². The summed E-state index contributed by atoms with van der Waals surface area (Å²) in [7, 11) is 0. The van der Waals surface area contributed by atoms with E-state index < -0.39 is 0 Å². The van der Waals surface area contributed by atoms with E-state index in [1.165, 1.54) is 0 Å². The number of hydrogen-bond donors (Lipinski definition) is 1. The van der Waals surface area contributed by atoms with E-state index >= 15 is 0 Å². The SMILES string of the molecule is CCOCC(C)NC(=O)c1cc(Br)cn1C(C)C. The molecule has 0 saturated carbocycles. The number of nitrogens with one attached hydrogen (secondary N) is 1. The first-order chi connectivity index (χ1) is 8.45. The molecule has 1 aromatic rings. The zero-order valence-corrected chi connectivity index (χ0v) is 13.0. The van der Waals surface area contributed by atoms with Crippen molar-refractivity contribution in [3.8, 4) is 0 Å². The molecular weight excluding hydrogens is 296 g/mol. The first kappa shape index (κ1) is 15.2. The van der Waals surface area contributed by atoms with E-state index in [1.54, 1.807) is 0 Å². The van der Waals surface area contributed by atoms with E-state index in [2.05, 4.69) is 21.2 Å². The summed E-state index contributed by atoms with van der Waals surface area (Å²) in [5.41, 5.74) is 0.667. The predicted molar refractivity (Wildman–Crippen MR) is 75.9 cm³/mol. The maximum Gasteiger partial charge on any atom is 0.268 e. The maximum atomic E-state index is 12.1. The molecular formula is C13H21BrN2O2. The second-order valence-electron chi connectivity index (χ2n) is 4.58. The molecule has 0 aliphatic carbocycles. The van der Waals surface area contributed by atoms with Gasteiger partial charge in [0.15, 0.2) is 0 Å². The lowest BCUT2D eigenvalue weighted by Gasteiger charge is -2.16. The first-order valence-electron chi connectivity index (χ1n) is 6.21. The Morgan fingerprint density at radius 1 is 1.50 bits per heavy atom. The summed E-state index contributed by atoms with van der Waals surface area (Å²) in [5, 5.41) is 2.93. The molecule has 1 atom stereocenters. The lowest BCUT2D eigenvalue weighted by Crippen LogP contribution is -2.37. The van der Waals surface area contributed by atoms with E-state index in [-0.39, 0.29) is 18.0 Å². The van der Waals surface area contributed by atoms with Crippen LogP contribution in [-0.4, -0.2) is 29.7 Å². The highest BCUT2D eigenvalue weighted by atomic mass is 79.9. The Morgan fingerprint density at radius 3 is 2.72 bits per heavy atom. The van der Waals surface area contributed by atoms with Gasteiger partial charge in [0, 0.05) is 29.4 Å². The molecule has 1 N–H and O–H groups in total. The molecule has 0 bridgehead atoms. The highest BCUT2D eigenvalue weighted by Gasteiger charge is 2.16. The van der Waals surface area contributed by atoms with Crippen LogP contribution in [0.1, 0.15) is 44.2 Å². The lowest BCUT2D eigenvalue weighted by atomic mass is 10.3. The van der Waals surface area contributed by atoms with E-state index in [1.807, 2.05) is 44.5 Å². The number of halogens is 1. The van der Waals surface area contributed by atoms with Crippen LogP contribution in [-0.2, 0) is 4.74 Å². The van der Waals surface area contributed by atoms with Crippen molar-refractivity contribution >= 4 is 21.8 Å². The number of amides is 1. The standard InChI is InChI=1S/C13H21BrN2O2/c1-5-18-8-10(4)15-13(17)12-6-11(14)7-16(12)9(2)3/h6-7,9-10H,5,8H2,1-4H3,(H,15,17). The monoisotopic (exact) mass is 316 g/mol. The summed E-state index contributed by atoms with van der Waals surface area (Å²) in [4.78, 5) is 12.1. The molecule has 1 aromatic heterocycles. The topological polar surface area (TPSA) is 43.3 Å². The van der Waals surface area contributed by atoms with Gasteiger partial charge in [-0.1, -0.05) is 0 Å². The van der Waals surface area contributed by atoms with E-state index in [0.717, 1.165) is 4.47 Å². The number of nitrogens with zero attached hydrogens (tertiary/aromatic N) is 1. The van der Waals surface area contributed by atoms with Gasteiger partial charge in [-0.15, -0.1) is 0 Å². The number of carbonyl (C=O) groups excluding carboxylic acids is 1. The molecule has 0 radical (unpaired) electrons. The summed E-state index contributed by atoms with van der Waals surface area (Å²) in [6.07, 6.45) is 1.92. The van der Waals surface area contributed by atoms with E-state index in [4.69, 9.17) is 4.74 Å². The minimum atomic E-state index is -0.0680. The molecule has 0 aromatic carbocycles. The summed E-state index contributed by atoms with van der Waals surface area (Å²) in [6.45, 7) is 9.17. The van der Waals surface area contributed by atoms with Gasteiger partial charge in [0.25, 0.3) is 5.91 Å². The van der Waals surface area contributed by atoms with Gasteiger partial charge in [-0.2, -0.15) is 0 Å². The van der Waals surface area contributed by atoms with E-state index in [0.29, 0.717) is 18.9 Å². The maximum absolute atomic E-state index is 12.1. The van der Waals surface area contributed by atoms with E-state index in [9.17, 15) is 4.79 Å². The molecule has 0 saturated heterocycles. The average molecular weight is 317 g/mol. The largest absolute Gasteiger partial charge is 0.380 e. The first-order valence-corrected chi connectivity index (χ1v) is 7.01. The minimum Gasteiger partial charge on any atom is -0.380 e. The predicted octanol–water partition coefficient (Wildman–Crippen LogP) is 2.99. The van der Waals surface area contributed by atoms with Crippen molar-refractivity contribution in [1.82, 2.24) is 9.88 Å². The fourth-order valence-electron chi connectivity index (χ4n) is 1.69. The van der Waals surface area contributed by atoms with Crippen molar-refractivity contribution < 1.29 is 9.53 Å². The van der Waals surface area contributed by atoms with Crippen LogP contribution in [0.5, 0.6) is 0 Å². The number of ether oxygens (including phenoxy) is 1. The van der Waals surface area contributed by atoms with Crippen molar-refractivity contribution in [2.75, 3.05) is 13.2 Å². The molecule has 0 fully saturated rings. The van der Waals surface area contributed by atoms with Crippen LogP contribution in [0.3, 0.4) is 0 Å². The quantitative estimate of drug-likeness (QED) is 0.876. The fraction of sp³-hybridized carbons (Fsp3) is 0.615. The van der Waals surface area contributed by atoms with Gasteiger partial charge in [0.1, 0.15) is 5.69 Å². The van der Waals surface area contributed by atoms with Crippen molar-refractivity contribution in [1.29, 1.82) is 0 Å². The number of hydrogen-bond acceptors (Lipinski definition) is 2. The number of rotatable bonds is 6. The van der Waals surface area contributed by atoms with Gasteiger partial charge >= 0.3 is 0 Å². The van der Waals surface area contributed by atoms with Crippen LogP contribution in [0.4, 0.5) is 0 Å². The van der Waals surface area contributed by atoms with Crippen molar-refractivity contribution in [2.45, 2.75) is 39.8 Å². The van der Waals surface area contributed by atoms with Gasteiger partial charge < -0.3 is 14.6 Å². The van der Waals surface area contributed by atoms with Gasteiger partial charge in [0.05, 0.1) is 6.61 Å². The number of aromatic nitrogens is 1.